The number of carbonyl (C=O) groups excluding carboxylic acids is 1. The zero-order chi connectivity index (χ0) is 20.3. The van der Waals surface area contributed by atoms with Crippen LogP contribution in [0, 0.1) is 10.1 Å². The number of rotatable bonds is 5. The first-order chi connectivity index (χ1) is 13.2. The van der Waals surface area contributed by atoms with E-state index in [1.165, 1.54) is 18.4 Å². The van der Waals surface area contributed by atoms with E-state index in [0.29, 0.717) is 17.7 Å². The lowest BCUT2D eigenvalue weighted by Crippen LogP contribution is -2.24. The molecule has 0 spiro atoms. The van der Waals surface area contributed by atoms with Crippen molar-refractivity contribution in [2.45, 2.75) is 39.1 Å². The van der Waals surface area contributed by atoms with Crippen molar-refractivity contribution in [3.63, 3.8) is 0 Å². The van der Waals surface area contributed by atoms with Gasteiger partial charge in [-0.25, -0.2) is 4.79 Å². The highest BCUT2D eigenvalue weighted by Crippen LogP contribution is 2.31. The molecule has 7 heteroatoms. The maximum Gasteiger partial charge on any atom is 0.345 e. The third kappa shape index (κ3) is 4.68. The SMILES string of the molecule is CC(C)(C)OC(=O)c1ccc(C2=COC(Cc3ccccc3)O2)cc1[N+](=O)[O-]. The van der Waals surface area contributed by atoms with Crippen LogP contribution in [0.15, 0.2) is 54.8 Å². The molecule has 28 heavy (non-hydrogen) atoms. The fourth-order valence-electron chi connectivity index (χ4n) is 2.71. The van der Waals surface area contributed by atoms with Crippen LogP contribution in [0.3, 0.4) is 0 Å². The van der Waals surface area contributed by atoms with E-state index < -0.39 is 22.8 Å². The Hall–Kier alpha value is -3.35. The second-order valence-corrected chi connectivity index (χ2v) is 7.35. The van der Waals surface area contributed by atoms with Crippen LogP contribution in [0.25, 0.3) is 5.76 Å². The van der Waals surface area contributed by atoms with Gasteiger partial charge >= 0.3 is 5.97 Å². The van der Waals surface area contributed by atoms with Gasteiger partial charge in [-0.3, -0.25) is 10.1 Å². The molecule has 1 heterocycles. The molecule has 1 aliphatic heterocycles. The highest BCUT2D eigenvalue weighted by Gasteiger charge is 2.28. The molecule has 0 amide bonds. The topological polar surface area (TPSA) is 87.9 Å². The van der Waals surface area contributed by atoms with E-state index in [1.54, 1.807) is 26.8 Å². The molecular formula is C21H21NO6. The molecule has 1 atom stereocenters. The zero-order valence-corrected chi connectivity index (χ0v) is 15.9. The summed E-state index contributed by atoms with van der Waals surface area (Å²) >= 11 is 0. The number of nitro benzene ring substituents is 1. The molecule has 1 unspecified atom stereocenters. The van der Waals surface area contributed by atoms with E-state index in [2.05, 4.69) is 0 Å². The summed E-state index contributed by atoms with van der Waals surface area (Å²) in [6, 6.07) is 13.9. The van der Waals surface area contributed by atoms with E-state index in [0.717, 1.165) is 5.56 Å². The van der Waals surface area contributed by atoms with Crippen LogP contribution in [0.1, 0.15) is 42.3 Å². The van der Waals surface area contributed by atoms with Crippen LogP contribution < -0.4 is 0 Å². The molecule has 1 aliphatic rings. The van der Waals surface area contributed by atoms with Crippen LogP contribution >= 0.6 is 0 Å². The van der Waals surface area contributed by atoms with Gasteiger partial charge in [0.1, 0.15) is 17.4 Å². The Morgan fingerprint density at radius 2 is 1.89 bits per heavy atom. The number of hydrogen-bond acceptors (Lipinski definition) is 6. The quantitative estimate of drug-likeness (QED) is 0.430. The molecular weight excluding hydrogens is 362 g/mol. The van der Waals surface area contributed by atoms with E-state index in [1.807, 2.05) is 30.3 Å². The molecule has 2 aromatic carbocycles. The summed E-state index contributed by atoms with van der Waals surface area (Å²) in [5.74, 6) is -0.370. The summed E-state index contributed by atoms with van der Waals surface area (Å²) in [4.78, 5) is 23.1. The fraction of sp³-hybridized carbons (Fsp3) is 0.286. The predicted molar refractivity (Wildman–Crippen MR) is 102 cm³/mol. The number of nitrogens with zero attached hydrogens (tertiary/aromatic N) is 1. The van der Waals surface area contributed by atoms with E-state index in [4.69, 9.17) is 14.2 Å². The number of nitro groups is 1. The van der Waals surface area contributed by atoms with Crippen molar-refractivity contribution in [1.82, 2.24) is 0 Å². The minimum atomic E-state index is -0.751. The Balaban J connectivity index is 1.77. The first kappa shape index (κ1) is 19.4. The molecule has 0 bridgehead atoms. The monoisotopic (exact) mass is 383 g/mol. The average Bonchev–Trinajstić information content (AvgIpc) is 3.09. The van der Waals surface area contributed by atoms with E-state index >= 15 is 0 Å². The lowest BCUT2D eigenvalue weighted by atomic mass is 10.1. The van der Waals surface area contributed by atoms with Crippen LogP contribution in [-0.4, -0.2) is 22.8 Å². The van der Waals surface area contributed by atoms with Gasteiger partial charge in [0.05, 0.1) is 4.92 Å². The normalized spacial score (nSPS) is 16.0. The Morgan fingerprint density at radius 3 is 2.54 bits per heavy atom. The predicted octanol–water partition coefficient (Wildman–Crippen LogP) is 4.46. The number of hydrogen-bond donors (Lipinski definition) is 0. The molecule has 2 aromatic rings. The third-order valence-corrected chi connectivity index (χ3v) is 3.93. The van der Waals surface area contributed by atoms with Crippen LogP contribution in [0.2, 0.25) is 0 Å². The van der Waals surface area contributed by atoms with Crippen molar-refractivity contribution in [2.24, 2.45) is 0 Å². The molecule has 0 radical (unpaired) electrons. The Morgan fingerprint density at radius 1 is 1.18 bits per heavy atom. The van der Waals surface area contributed by atoms with Gasteiger partial charge in [-0.2, -0.15) is 0 Å². The largest absolute Gasteiger partial charge is 0.458 e. The molecule has 0 aliphatic carbocycles. The summed E-state index contributed by atoms with van der Waals surface area (Å²) in [5, 5.41) is 11.5. The van der Waals surface area contributed by atoms with Gasteiger partial charge in [-0.05, 0) is 38.5 Å². The van der Waals surface area contributed by atoms with Crippen LogP contribution in [-0.2, 0) is 20.6 Å². The fourth-order valence-corrected chi connectivity index (χ4v) is 2.71. The van der Waals surface area contributed by atoms with Crippen LogP contribution in [0.4, 0.5) is 5.69 Å². The van der Waals surface area contributed by atoms with Crippen molar-refractivity contribution >= 4 is 17.4 Å². The van der Waals surface area contributed by atoms with Crippen molar-refractivity contribution in [3.8, 4) is 0 Å². The van der Waals surface area contributed by atoms with Gasteiger partial charge in [-0.1, -0.05) is 30.3 Å². The van der Waals surface area contributed by atoms with Crippen LogP contribution in [0.5, 0.6) is 0 Å². The molecule has 0 N–H and O–H groups in total. The van der Waals surface area contributed by atoms with E-state index in [9.17, 15) is 14.9 Å². The van der Waals surface area contributed by atoms with Crippen molar-refractivity contribution in [1.29, 1.82) is 0 Å². The van der Waals surface area contributed by atoms with Gasteiger partial charge in [-0.15, -0.1) is 0 Å². The molecule has 0 saturated heterocycles. The van der Waals surface area contributed by atoms with Gasteiger partial charge in [0.2, 0.25) is 6.29 Å². The Kier molecular flexibility index (Phi) is 5.35. The number of benzene rings is 2. The molecule has 7 nitrogen and oxygen atoms in total. The van der Waals surface area contributed by atoms with Gasteiger partial charge in [0.25, 0.3) is 5.69 Å². The molecule has 3 rings (SSSR count). The number of ether oxygens (including phenoxy) is 3. The number of esters is 1. The first-order valence-corrected chi connectivity index (χ1v) is 8.81. The maximum absolute atomic E-state index is 12.3. The van der Waals surface area contributed by atoms with Gasteiger partial charge in [0.15, 0.2) is 5.76 Å². The average molecular weight is 383 g/mol. The van der Waals surface area contributed by atoms with Crippen molar-refractivity contribution in [2.75, 3.05) is 0 Å². The first-order valence-electron chi connectivity index (χ1n) is 8.81. The third-order valence-electron chi connectivity index (χ3n) is 3.93. The molecule has 146 valence electrons. The van der Waals surface area contributed by atoms with Gasteiger partial charge in [0, 0.05) is 18.1 Å². The standard InChI is InChI=1S/C21H21NO6/c1-21(2,3)28-20(23)16-10-9-15(12-17(16)22(24)25)18-13-26-19(27-18)11-14-7-5-4-6-8-14/h4-10,12-13,19H,11H2,1-3H3. The van der Waals surface area contributed by atoms with E-state index in [-0.39, 0.29) is 11.3 Å². The summed E-state index contributed by atoms with van der Waals surface area (Å²) < 4.78 is 16.5. The Labute approximate surface area is 162 Å². The highest BCUT2D eigenvalue weighted by molar-refractivity contribution is 5.94. The minimum absolute atomic E-state index is 0.107. The molecule has 0 aromatic heterocycles. The zero-order valence-electron chi connectivity index (χ0n) is 15.9. The smallest absolute Gasteiger partial charge is 0.345 e. The van der Waals surface area contributed by atoms with Gasteiger partial charge < -0.3 is 14.2 Å². The Bertz CT molecular complexity index is 914. The lowest BCUT2D eigenvalue weighted by molar-refractivity contribution is -0.385. The summed E-state index contributed by atoms with van der Waals surface area (Å²) in [6.07, 6.45) is 1.46. The van der Waals surface area contributed by atoms with Crippen molar-refractivity contribution in [3.05, 3.63) is 81.6 Å². The summed E-state index contributed by atoms with van der Waals surface area (Å²) in [6.45, 7) is 5.10. The van der Waals surface area contributed by atoms with Crippen molar-refractivity contribution < 1.29 is 23.9 Å². The maximum atomic E-state index is 12.3. The molecule has 0 saturated carbocycles. The highest BCUT2D eigenvalue weighted by atomic mass is 16.7. The minimum Gasteiger partial charge on any atom is -0.458 e. The second-order valence-electron chi connectivity index (χ2n) is 7.35. The summed E-state index contributed by atoms with van der Waals surface area (Å²) in [5.41, 5.74) is 0.300. The molecule has 0 fully saturated rings. The summed E-state index contributed by atoms with van der Waals surface area (Å²) in [7, 11) is 0. The second kappa shape index (κ2) is 7.72. The lowest BCUT2D eigenvalue weighted by Gasteiger charge is -2.19. The number of carbonyl (C=O) groups is 1.